The van der Waals surface area contributed by atoms with E-state index < -0.39 is 206 Å². The monoisotopic (exact) mass is 1040 g/mol. The number of halogens is 20. The van der Waals surface area contributed by atoms with Crippen LogP contribution in [0, 0.1) is 116 Å². The van der Waals surface area contributed by atoms with Crippen LogP contribution < -0.4 is 0 Å². The Labute approximate surface area is 389 Å². The van der Waals surface area contributed by atoms with Crippen molar-refractivity contribution in [3.05, 3.63) is 176 Å². The molecule has 0 fully saturated rings. The second-order valence-corrected chi connectivity index (χ2v) is 15.6. The highest BCUT2D eigenvalue weighted by Crippen LogP contribution is 2.44. The Bertz CT molecular complexity index is 4000. The normalized spacial score (nSPS) is 12.3. The van der Waals surface area contributed by atoms with Gasteiger partial charge in [-0.05, 0) is 60.7 Å². The van der Waals surface area contributed by atoms with Crippen LogP contribution in [0.15, 0.2) is 36.4 Å². The fraction of sp³-hybridized carbons (Fsp3) is 0. The summed E-state index contributed by atoms with van der Waals surface area (Å²) in [5.74, 6) is -51.9. The minimum Gasteiger partial charge on any atom is -0.354 e. The van der Waals surface area contributed by atoms with E-state index in [1.807, 2.05) is 0 Å². The third-order valence-corrected chi connectivity index (χ3v) is 11.6. The Balaban J connectivity index is 1.50. The minimum absolute atomic E-state index is 0.288. The zero-order chi connectivity index (χ0) is 52.5. The topological polar surface area (TPSA) is 73.2 Å². The van der Waals surface area contributed by atoms with Crippen LogP contribution in [0.4, 0.5) is 87.8 Å². The van der Waals surface area contributed by atoms with Crippen LogP contribution in [0.2, 0.25) is 0 Å². The first-order valence-corrected chi connectivity index (χ1v) is 20.0. The van der Waals surface area contributed by atoms with Crippen LogP contribution in [-0.2, 0) is 0 Å². The molecule has 2 aliphatic heterocycles. The largest absolute Gasteiger partial charge is 0.354 e. The number of aromatic nitrogens is 5. The van der Waals surface area contributed by atoms with Gasteiger partial charge in [-0.3, -0.25) is 0 Å². The highest BCUT2D eigenvalue weighted by molar-refractivity contribution is 6.00. The number of nitrogens with one attached hydrogen (secondary N) is 3. The van der Waals surface area contributed by atoms with Gasteiger partial charge in [0, 0.05) is 44.3 Å². The quantitative estimate of drug-likeness (QED) is 0.0933. The third-order valence-electron chi connectivity index (χ3n) is 11.6. The number of nitrogens with zero attached hydrogens (tertiary/aromatic N) is 2. The van der Waals surface area contributed by atoms with Gasteiger partial charge in [0.2, 0.25) is 23.3 Å². The van der Waals surface area contributed by atoms with Crippen molar-refractivity contribution in [1.82, 2.24) is 24.9 Å². The van der Waals surface area contributed by atoms with Gasteiger partial charge >= 0.3 is 0 Å². The molecule has 3 N–H and O–H groups in total. The molecule has 370 valence electrons. The third kappa shape index (κ3) is 7.02. The lowest BCUT2D eigenvalue weighted by Gasteiger charge is -2.11. The molecule has 0 unspecified atom stereocenters. The molecule has 0 amide bonds. The van der Waals surface area contributed by atoms with Gasteiger partial charge in [-0.15, -0.1) is 0 Å². The van der Waals surface area contributed by atoms with E-state index >= 15 is 52.7 Å². The van der Waals surface area contributed by atoms with E-state index in [4.69, 9.17) is 0 Å². The number of aromatic amines is 3. The minimum atomic E-state index is -2.73. The predicted octanol–water partition coefficient (Wildman–Crippen LogP) is 15.1. The molecule has 0 radical (unpaired) electrons. The molecule has 0 aliphatic carbocycles. The lowest BCUT2D eigenvalue weighted by atomic mass is 10.00. The summed E-state index contributed by atoms with van der Waals surface area (Å²) in [6, 6.07) is 5.34. The molecule has 73 heavy (non-hydrogen) atoms. The van der Waals surface area contributed by atoms with Crippen LogP contribution in [-0.4, -0.2) is 24.9 Å². The van der Waals surface area contributed by atoms with Gasteiger partial charge in [-0.25, -0.2) is 97.8 Å². The van der Waals surface area contributed by atoms with Crippen LogP contribution >= 0.6 is 0 Å². The fourth-order valence-electron chi connectivity index (χ4n) is 8.26. The molecule has 0 spiro atoms. The van der Waals surface area contributed by atoms with E-state index in [2.05, 4.69) is 24.9 Å². The molecule has 8 aromatic rings. The summed E-state index contributed by atoms with van der Waals surface area (Å²) in [5, 5.41) is 0. The van der Waals surface area contributed by atoms with Crippen LogP contribution in [0.1, 0.15) is 22.8 Å². The van der Waals surface area contributed by atoms with Gasteiger partial charge in [0.1, 0.15) is 0 Å². The molecule has 10 rings (SSSR count). The van der Waals surface area contributed by atoms with E-state index in [9.17, 15) is 35.1 Å². The lowest BCUT2D eigenvalue weighted by Crippen LogP contribution is -2.06. The summed E-state index contributed by atoms with van der Waals surface area (Å²) >= 11 is 0. The molecule has 5 nitrogen and oxygen atoms in total. The first kappa shape index (κ1) is 48.0. The van der Waals surface area contributed by atoms with Crippen molar-refractivity contribution in [2.45, 2.75) is 0 Å². The zero-order valence-corrected chi connectivity index (χ0v) is 34.7. The molecule has 6 heterocycles. The lowest BCUT2D eigenvalue weighted by molar-refractivity contribution is 0.381. The van der Waals surface area contributed by atoms with Gasteiger partial charge in [-0.1, -0.05) is 0 Å². The Morgan fingerprint density at radius 2 is 0.370 bits per heavy atom. The second kappa shape index (κ2) is 17.0. The van der Waals surface area contributed by atoms with Crippen molar-refractivity contribution in [2.75, 3.05) is 0 Å². The Morgan fingerprint density at radius 1 is 0.192 bits per heavy atom. The first-order valence-electron chi connectivity index (χ1n) is 20.0. The van der Waals surface area contributed by atoms with Crippen LogP contribution in [0.3, 0.4) is 0 Å². The summed E-state index contributed by atoms with van der Waals surface area (Å²) in [4.78, 5) is 15.5. The van der Waals surface area contributed by atoms with Crippen molar-refractivity contribution in [3.8, 4) is 44.5 Å². The summed E-state index contributed by atoms with van der Waals surface area (Å²) < 4.78 is 305. The van der Waals surface area contributed by atoms with Crippen molar-refractivity contribution < 1.29 is 87.8 Å². The average molecular weight is 1040 g/mol. The van der Waals surface area contributed by atoms with Crippen LogP contribution in [0.25, 0.3) is 102 Å². The smallest absolute Gasteiger partial charge is 0.200 e. The molecule has 0 saturated carbocycles. The number of hydrogen-bond acceptors (Lipinski definition) is 2. The Kier molecular flexibility index (Phi) is 11.2. The van der Waals surface area contributed by atoms with Crippen molar-refractivity contribution in [2.24, 2.45) is 0 Å². The molecular formula is C48H13F20N5. The SMILES string of the molecule is Fc1c(F)c(F)c(-c2c3nc(c(-c4c(F)c(F)c(F)c(F)c4F)c4ccc([nH]4)c(-c4c(F)c(F)c(F)c(F)c4F)c4ccc([nH]4)c4ccc([nH]4)c(-c4c(F)c(F)c(F)c(F)c4F)c4nc2C=C4)C=C3)c(F)c1F. The molecule has 10 bridgehead atoms. The molecule has 0 saturated heterocycles. The number of fused-ring (bicyclic) bond motifs is 11. The molecule has 0 atom stereocenters. The van der Waals surface area contributed by atoms with Crippen LogP contribution in [0.5, 0.6) is 0 Å². The number of benzene rings is 4. The molecule has 4 aromatic heterocycles. The van der Waals surface area contributed by atoms with E-state index in [1.165, 1.54) is 0 Å². The number of hydrogen-bond donors (Lipinski definition) is 3. The molecule has 2 aliphatic rings. The van der Waals surface area contributed by atoms with E-state index in [0.717, 1.165) is 30.3 Å². The van der Waals surface area contributed by atoms with Crippen molar-refractivity contribution >= 4 is 57.4 Å². The van der Waals surface area contributed by atoms with E-state index in [-0.39, 0.29) is 11.0 Å². The molecule has 4 aromatic carbocycles. The number of H-pyrrole nitrogens is 3. The van der Waals surface area contributed by atoms with Gasteiger partial charge in [-0.2, -0.15) is 0 Å². The molecule has 25 heteroatoms. The second-order valence-electron chi connectivity index (χ2n) is 15.6. The van der Waals surface area contributed by atoms with E-state index in [1.54, 1.807) is 0 Å². The van der Waals surface area contributed by atoms with Gasteiger partial charge in [0.25, 0.3) is 0 Å². The first-order chi connectivity index (χ1) is 34.5. The van der Waals surface area contributed by atoms with Gasteiger partial charge < -0.3 is 15.0 Å². The number of rotatable bonds is 4. The maximum absolute atomic E-state index is 16.0. The maximum atomic E-state index is 16.0. The van der Waals surface area contributed by atoms with Gasteiger partial charge in [0.15, 0.2) is 93.1 Å². The molecular weight excluding hydrogens is 1030 g/mol. The Hall–Kier alpha value is -8.64. The van der Waals surface area contributed by atoms with Gasteiger partial charge in [0.05, 0.1) is 56.1 Å². The summed E-state index contributed by atoms with van der Waals surface area (Å²) in [6.07, 6.45) is 2.52. The maximum Gasteiger partial charge on any atom is 0.200 e. The fourth-order valence-corrected chi connectivity index (χ4v) is 8.26. The van der Waals surface area contributed by atoms with Crippen molar-refractivity contribution in [1.29, 1.82) is 0 Å². The Morgan fingerprint density at radius 3 is 0.644 bits per heavy atom. The average Bonchev–Trinajstić information content (AvgIpc) is 4.26. The summed E-state index contributed by atoms with van der Waals surface area (Å²) in [5.41, 5.74) is -19.6. The highest BCUT2D eigenvalue weighted by atomic mass is 19.2. The zero-order valence-electron chi connectivity index (χ0n) is 34.7. The predicted molar refractivity (Wildman–Crippen MR) is 220 cm³/mol. The van der Waals surface area contributed by atoms with E-state index in [0.29, 0.717) is 30.4 Å². The highest BCUT2D eigenvalue weighted by Gasteiger charge is 2.35. The standard InChI is InChI=1S/C48H13F20N5/c49-29-25(30(50)38(58)45(65)37(29)57)21-13-3-1-11(69-13)12-2-4-14(70-12)22(26-31(51)39(59)46(66)40(60)32(26)52)16-6-8-18(72-16)24(28-35(55)43(63)48(68)44(64)36(28)56)20-10-9-19(73-20)23(17-7-5-15(21)71-17)27-33(53)41(61)47(67)42(62)34(27)54/h1-10,69-71H. The van der Waals surface area contributed by atoms with Crippen molar-refractivity contribution in [3.63, 3.8) is 0 Å². The summed E-state index contributed by atoms with van der Waals surface area (Å²) in [6.45, 7) is 0. The summed E-state index contributed by atoms with van der Waals surface area (Å²) in [7, 11) is 0.